The van der Waals surface area contributed by atoms with E-state index in [1.165, 1.54) is 4.88 Å². The maximum Gasteiger partial charge on any atom is 0.274 e. The zero-order valence-electron chi connectivity index (χ0n) is 15.3. The molecule has 6 nitrogen and oxygen atoms in total. The van der Waals surface area contributed by atoms with E-state index in [1.54, 1.807) is 35.7 Å². The van der Waals surface area contributed by atoms with Crippen molar-refractivity contribution < 1.29 is 4.74 Å². The van der Waals surface area contributed by atoms with Gasteiger partial charge in [0, 0.05) is 29.2 Å². The molecule has 4 rings (SSSR count). The number of aryl methyl sites for hydroxylation is 3. The first-order valence-corrected chi connectivity index (χ1v) is 9.65. The van der Waals surface area contributed by atoms with E-state index in [1.807, 2.05) is 29.0 Å². The Kier molecular flexibility index (Phi) is 4.77. The van der Waals surface area contributed by atoms with Crippen LogP contribution >= 0.6 is 11.3 Å². The van der Waals surface area contributed by atoms with E-state index in [4.69, 9.17) is 9.84 Å². The number of thiophene rings is 1. The maximum atomic E-state index is 13.0. The molecular weight excluding hydrogens is 360 g/mol. The van der Waals surface area contributed by atoms with E-state index >= 15 is 0 Å². The lowest BCUT2D eigenvalue weighted by Crippen LogP contribution is -2.25. The smallest absolute Gasteiger partial charge is 0.274 e. The Morgan fingerprint density at radius 1 is 1.15 bits per heavy atom. The topological polar surface area (TPSA) is 61.9 Å². The summed E-state index contributed by atoms with van der Waals surface area (Å²) in [4.78, 5) is 19.4. The Bertz CT molecular complexity index is 1130. The van der Waals surface area contributed by atoms with E-state index in [9.17, 15) is 4.79 Å². The van der Waals surface area contributed by atoms with Crippen molar-refractivity contribution in [1.82, 2.24) is 19.3 Å². The molecule has 138 valence electrons. The highest BCUT2D eigenvalue weighted by Gasteiger charge is 2.15. The second-order valence-electron chi connectivity index (χ2n) is 6.21. The van der Waals surface area contributed by atoms with Crippen LogP contribution in [0.25, 0.3) is 21.3 Å². The average Bonchev–Trinajstić information content (AvgIpc) is 3.39. The summed E-state index contributed by atoms with van der Waals surface area (Å²) in [5.74, 6) is 0.716. The van der Waals surface area contributed by atoms with E-state index in [0.29, 0.717) is 24.2 Å². The quantitative estimate of drug-likeness (QED) is 0.513. The van der Waals surface area contributed by atoms with Gasteiger partial charge in [-0.3, -0.25) is 4.79 Å². The summed E-state index contributed by atoms with van der Waals surface area (Å²) in [6, 6.07) is 9.73. The summed E-state index contributed by atoms with van der Waals surface area (Å²) in [6.45, 7) is 3.26. The molecule has 0 bridgehead atoms. The van der Waals surface area contributed by atoms with E-state index in [2.05, 4.69) is 24.0 Å². The lowest BCUT2D eigenvalue weighted by Gasteiger charge is -2.11. The molecule has 0 saturated heterocycles. The Hall–Kier alpha value is -2.93. The second kappa shape index (κ2) is 7.36. The van der Waals surface area contributed by atoms with Crippen molar-refractivity contribution in [3.05, 3.63) is 64.3 Å². The number of hydrogen-bond acceptors (Lipinski definition) is 5. The lowest BCUT2D eigenvalue weighted by molar-refractivity contribution is 0.415. The SMILES string of the molecule is CCc1ccc(-c2nn(CCn3ccnc3)c(=O)c3ccc(OC)cc23)s1. The van der Waals surface area contributed by atoms with Crippen LogP contribution in [0.2, 0.25) is 0 Å². The first-order valence-electron chi connectivity index (χ1n) is 8.83. The summed E-state index contributed by atoms with van der Waals surface area (Å²) in [6.07, 6.45) is 6.33. The molecule has 0 N–H and O–H groups in total. The summed E-state index contributed by atoms with van der Waals surface area (Å²) in [5.41, 5.74) is 0.725. The predicted molar refractivity (Wildman–Crippen MR) is 107 cm³/mol. The molecule has 0 saturated carbocycles. The molecule has 7 heteroatoms. The minimum Gasteiger partial charge on any atom is -0.497 e. The predicted octanol–water partition coefficient (Wildman–Crippen LogP) is 3.59. The number of methoxy groups -OCH3 is 1. The van der Waals surface area contributed by atoms with Crippen LogP contribution < -0.4 is 10.3 Å². The highest BCUT2D eigenvalue weighted by molar-refractivity contribution is 7.15. The molecule has 27 heavy (non-hydrogen) atoms. The van der Waals surface area contributed by atoms with Crippen molar-refractivity contribution in [3.63, 3.8) is 0 Å². The number of imidazole rings is 1. The summed E-state index contributed by atoms with van der Waals surface area (Å²) in [7, 11) is 1.63. The molecule has 0 unspecified atom stereocenters. The molecule has 0 radical (unpaired) electrons. The van der Waals surface area contributed by atoms with Gasteiger partial charge in [0.05, 0.1) is 30.2 Å². The van der Waals surface area contributed by atoms with Crippen LogP contribution in [-0.4, -0.2) is 26.4 Å². The normalized spacial score (nSPS) is 11.2. The number of hydrogen-bond donors (Lipinski definition) is 0. The highest BCUT2D eigenvalue weighted by Crippen LogP contribution is 2.32. The maximum absolute atomic E-state index is 13.0. The summed E-state index contributed by atoms with van der Waals surface area (Å²) in [5, 5.41) is 6.19. The third kappa shape index (κ3) is 3.38. The third-order valence-corrected chi connectivity index (χ3v) is 5.78. The zero-order chi connectivity index (χ0) is 18.8. The fraction of sp³-hybridized carbons (Fsp3) is 0.250. The number of ether oxygens (including phenoxy) is 1. The van der Waals surface area contributed by atoms with E-state index in [0.717, 1.165) is 22.4 Å². The Balaban J connectivity index is 1.86. The molecule has 0 aliphatic heterocycles. The van der Waals surface area contributed by atoms with Crippen LogP contribution in [0.1, 0.15) is 11.8 Å². The molecule has 0 aliphatic carbocycles. The number of nitrogens with zero attached hydrogens (tertiary/aromatic N) is 4. The fourth-order valence-electron chi connectivity index (χ4n) is 3.05. The number of fused-ring (bicyclic) bond motifs is 1. The Morgan fingerprint density at radius 3 is 2.74 bits per heavy atom. The molecular formula is C20H20N4O2S. The van der Waals surface area contributed by atoms with Gasteiger partial charge in [0.25, 0.3) is 5.56 Å². The van der Waals surface area contributed by atoms with Gasteiger partial charge < -0.3 is 9.30 Å². The molecule has 0 spiro atoms. The molecule has 3 aromatic heterocycles. The molecule has 0 atom stereocenters. The third-order valence-electron chi connectivity index (χ3n) is 4.54. The number of rotatable bonds is 6. The average molecular weight is 380 g/mol. The van der Waals surface area contributed by atoms with Crippen LogP contribution in [0.3, 0.4) is 0 Å². The van der Waals surface area contributed by atoms with Crippen LogP contribution in [0.4, 0.5) is 0 Å². The molecule has 3 heterocycles. The van der Waals surface area contributed by atoms with Crippen LogP contribution in [0.5, 0.6) is 5.75 Å². The number of aromatic nitrogens is 4. The van der Waals surface area contributed by atoms with Gasteiger partial charge in [-0.1, -0.05) is 6.92 Å². The van der Waals surface area contributed by atoms with Gasteiger partial charge in [0.2, 0.25) is 0 Å². The zero-order valence-corrected chi connectivity index (χ0v) is 16.1. The van der Waals surface area contributed by atoms with Crippen molar-refractivity contribution in [2.75, 3.05) is 7.11 Å². The highest BCUT2D eigenvalue weighted by atomic mass is 32.1. The van der Waals surface area contributed by atoms with Gasteiger partial charge in [-0.25, -0.2) is 9.67 Å². The monoisotopic (exact) mass is 380 g/mol. The van der Waals surface area contributed by atoms with Crippen molar-refractivity contribution >= 4 is 22.1 Å². The van der Waals surface area contributed by atoms with Crippen molar-refractivity contribution in [2.24, 2.45) is 0 Å². The van der Waals surface area contributed by atoms with Gasteiger partial charge in [-0.05, 0) is 36.8 Å². The van der Waals surface area contributed by atoms with Crippen LogP contribution in [0, 0.1) is 0 Å². The second-order valence-corrected chi connectivity index (χ2v) is 7.38. The van der Waals surface area contributed by atoms with Gasteiger partial charge in [-0.15, -0.1) is 11.3 Å². The van der Waals surface area contributed by atoms with Crippen molar-refractivity contribution in [2.45, 2.75) is 26.4 Å². The van der Waals surface area contributed by atoms with Crippen LogP contribution in [0.15, 0.2) is 53.8 Å². The van der Waals surface area contributed by atoms with Gasteiger partial charge in [0.1, 0.15) is 11.4 Å². The first-order chi connectivity index (χ1) is 13.2. The largest absolute Gasteiger partial charge is 0.497 e. The molecule has 0 fully saturated rings. The van der Waals surface area contributed by atoms with Gasteiger partial charge >= 0.3 is 0 Å². The molecule has 4 aromatic rings. The molecule has 1 aromatic carbocycles. The fourth-order valence-corrected chi connectivity index (χ4v) is 4.00. The van der Waals surface area contributed by atoms with Crippen molar-refractivity contribution in [3.8, 4) is 16.3 Å². The Morgan fingerprint density at radius 2 is 2.04 bits per heavy atom. The molecule has 0 aliphatic rings. The van der Waals surface area contributed by atoms with E-state index in [-0.39, 0.29) is 5.56 Å². The lowest BCUT2D eigenvalue weighted by atomic mass is 10.1. The van der Waals surface area contributed by atoms with Crippen molar-refractivity contribution in [1.29, 1.82) is 0 Å². The first kappa shape index (κ1) is 17.5. The molecule has 0 amide bonds. The number of benzene rings is 1. The van der Waals surface area contributed by atoms with Gasteiger partial charge in [-0.2, -0.15) is 5.10 Å². The standard InChI is InChI=1S/C20H20N4O2S/c1-3-15-5-7-18(27-15)19-17-12-14(26-2)4-6-16(17)20(25)24(22-19)11-10-23-9-8-21-13-23/h4-9,12-13H,3,10-11H2,1-2H3. The van der Waals surface area contributed by atoms with Gasteiger partial charge in [0.15, 0.2) is 0 Å². The summed E-state index contributed by atoms with van der Waals surface area (Å²) < 4.78 is 8.85. The van der Waals surface area contributed by atoms with E-state index < -0.39 is 0 Å². The minimum absolute atomic E-state index is 0.0937. The Labute approximate surface area is 160 Å². The summed E-state index contributed by atoms with van der Waals surface area (Å²) >= 11 is 1.71. The van der Waals surface area contributed by atoms with Crippen LogP contribution in [-0.2, 0) is 19.5 Å². The minimum atomic E-state index is -0.0937.